The van der Waals surface area contributed by atoms with Gasteiger partial charge in [0.2, 0.25) is 0 Å². The summed E-state index contributed by atoms with van der Waals surface area (Å²) in [6.45, 7) is 0.937. The van der Waals surface area contributed by atoms with Gasteiger partial charge in [-0.25, -0.2) is 28.1 Å². The van der Waals surface area contributed by atoms with Crippen molar-refractivity contribution in [2.75, 3.05) is 0 Å². The molecule has 0 saturated carbocycles. The Bertz CT molecular complexity index is 685. The normalized spacial score (nSPS) is 11.6. The van der Waals surface area contributed by atoms with E-state index >= 15 is 0 Å². The minimum absolute atomic E-state index is 0.219. The first-order valence-corrected chi connectivity index (χ1v) is 5.97. The van der Waals surface area contributed by atoms with E-state index in [4.69, 9.17) is 12.8 Å². The number of hydrogen-bond acceptors (Lipinski definition) is 4. The quantitative estimate of drug-likeness (QED) is 0.644. The molecule has 0 amide bonds. The molecule has 0 aliphatic carbocycles. The molecule has 0 aromatic carbocycles. The van der Waals surface area contributed by atoms with Crippen molar-refractivity contribution >= 4 is 0 Å². The second-order valence-corrected chi connectivity index (χ2v) is 4.10. The van der Waals surface area contributed by atoms with Crippen molar-refractivity contribution in [1.29, 1.82) is 0 Å². The van der Waals surface area contributed by atoms with Gasteiger partial charge in [0, 0.05) is 0 Å². The van der Waals surface area contributed by atoms with Crippen LogP contribution in [-0.4, -0.2) is 24.9 Å². The summed E-state index contributed by atoms with van der Waals surface area (Å²) >= 11 is 0. The molecule has 0 aliphatic heterocycles. The zero-order valence-corrected chi connectivity index (χ0v) is 11.1. The van der Waals surface area contributed by atoms with Crippen LogP contribution in [0.15, 0.2) is 14.4 Å². The number of aromatic nitrogens is 3. The average Bonchev–Trinajstić information content (AvgIpc) is 2.44. The Hall–Kier alpha value is -2.51. The fraction of sp³-hybridized carbons (Fsp3) is 0.462. The Morgan fingerprint density at radius 1 is 1.00 bits per heavy atom. The summed E-state index contributed by atoms with van der Waals surface area (Å²) in [5.41, 5.74) is -2.55. The second-order valence-electron chi connectivity index (χ2n) is 4.10. The summed E-state index contributed by atoms with van der Waals surface area (Å²) in [6.07, 6.45) is 9.68. The van der Waals surface area contributed by atoms with E-state index in [1.807, 2.05) is 0 Å². The van der Waals surface area contributed by atoms with Gasteiger partial charge in [-0.3, -0.25) is 0 Å². The smallest absolute Gasteiger partial charge is 0.338 e. The van der Waals surface area contributed by atoms with E-state index in [0.717, 1.165) is 13.7 Å². The lowest BCUT2D eigenvalue weighted by Crippen LogP contribution is -2.55. The Labute approximate surface area is 115 Å². The molecule has 1 aromatic heterocycles. The Morgan fingerprint density at radius 3 is 1.75 bits per heavy atom. The first-order valence-electron chi connectivity index (χ1n) is 5.97. The van der Waals surface area contributed by atoms with Gasteiger partial charge in [0.25, 0.3) is 0 Å². The van der Waals surface area contributed by atoms with Crippen LogP contribution in [0.3, 0.4) is 0 Å². The molecule has 106 valence electrons. The highest BCUT2D eigenvalue weighted by molar-refractivity contribution is 4.92. The van der Waals surface area contributed by atoms with Gasteiger partial charge in [0.05, 0.1) is 25.7 Å². The number of hydrogen-bond donors (Lipinski definition) is 1. The van der Waals surface area contributed by atoms with Crippen LogP contribution >= 0.6 is 0 Å². The van der Waals surface area contributed by atoms with Crippen molar-refractivity contribution in [3.05, 3.63) is 31.5 Å². The monoisotopic (exact) mass is 277 g/mol. The molecule has 1 aromatic rings. The summed E-state index contributed by atoms with van der Waals surface area (Å²) in [5.74, 6) is 4.34. The van der Waals surface area contributed by atoms with Crippen LogP contribution in [0.25, 0.3) is 0 Å². The molecule has 7 nitrogen and oxygen atoms in total. The van der Waals surface area contributed by atoms with Gasteiger partial charge >= 0.3 is 17.1 Å². The summed E-state index contributed by atoms with van der Waals surface area (Å²) in [6, 6.07) is 0. The van der Waals surface area contributed by atoms with Crippen LogP contribution in [0, 0.1) is 24.7 Å². The van der Waals surface area contributed by atoms with Gasteiger partial charge in [-0.1, -0.05) is 18.8 Å². The Balaban J connectivity index is 3.64. The van der Waals surface area contributed by atoms with E-state index in [1.54, 1.807) is 6.92 Å². The maximum Gasteiger partial charge on any atom is 0.338 e. The fourth-order valence-corrected chi connectivity index (χ4v) is 1.63. The summed E-state index contributed by atoms with van der Waals surface area (Å²) in [5, 5.41) is 9.60. The summed E-state index contributed by atoms with van der Waals surface area (Å²) in [4.78, 5) is 36.1. The van der Waals surface area contributed by atoms with Crippen LogP contribution in [-0.2, 0) is 19.6 Å². The third-order valence-electron chi connectivity index (χ3n) is 2.75. The highest BCUT2D eigenvalue weighted by Crippen LogP contribution is 1.90. The number of rotatable bonds is 5. The van der Waals surface area contributed by atoms with E-state index < -0.39 is 23.2 Å². The van der Waals surface area contributed by atoms with E-state index in [9.17, 15) is 19.5 Å². The zero-order chi connectivity index (χ0) is 15.3. The van der Waals surface area contributed by atoms with Crippen molar-refractivity contribution in [3.8, 4) is 24.7 Å². The lowest BCUT2D eigenvalue weighted by Gasteiger charge is -2.13. The van der Waals surface area contributed by atoms with Gasteiger partial charge < -0.3 is 5.11 Å². The maximum atomic E-state index is 12.1. The molecule has 0 bridgehead atoms. The molecule has 1 heterocycles. The largest absolute Gasteiger partial charge is 0.391 e. The predicted octanol–water partition coefficient (Wildman–Crippen LogP) is -1.79. The van der Waals surface area contributed by atoms with Crippen molar-refractivity contribution < 1.29 is 5.11 Å². The first kappa shape index (κ1) is 15.5. The molecule has 1 rings (SSSR count). The van der Waals surface area contributed by atoms with Crippen molar-refractivity contribution in [3.63, 3.8) is 0 Å². The van der Waals surface area contributed by atoms with Gasteiger partial charge in [-0.15, -0.1) is 12.8 Å². The molecule has 0 saturated heterocycles. The van der Waals surface area contributed by atoms with Crippen LogP contribution in [0.1, 0.15) is 13.3 Å². The molecule has 20 heavy (non-hydrogen) atoms. The number of nitrogens with zero attached hydrogens (tertiary/aromatic N) is 3. The Kier molecular flexibility index (Phi) is 5.13. The van der Waals surface area contributed by atoms with Gasteiger partial charge in [0.15, 0.2) is 0 Å². The van der Waals surface area contributed by atoms with E-state index in [-0.39, 0.29) is 19.6 Å². The highest BCUT2D eigenvalue weighted by Gasteiger charge is 2.16. The molecular formula is C13H15N3O4. The SMILES string of the molecule is C#CCn1c(=O)n(CC#C)c(=O)n(CC(O)CC)c1=O. The van der Waals surface area contributed by atoms with Gasteiger partial charge in [-0.2, -0.15) is 0 Å². The van der Waals surface area contributed by atoms with E-state index in [1.165, 1.54) is 0 Å². The molecule has 0 fully saturated rings. The maximum absolute atomic E-state index is 12.1. The Morgan fingerprint density at radius 2 is 1.40 bits per heavy atom. The third kappa shape index (κ3) is 2.90. The van der Waals surface area contributed by atoms with Crippen LogP contribution in [0.2, 0.25) is 0 Å². The molecule has 7 heteroatoms. The van der Waals surface area contributed by atoms with Crippen molar-refractivity contribution in [2.45, 2.75) is 39.1 Å². The lowest BCUT2D eigenvalue weighted by atomic mass is 10.3. The van der Waals surface area contributed by atoms with Crippen molar-refractivity contribution in [2.24, 2.45) is 0 Å². The number of aliphatic hydroxyl groups is 1. The van der Waals surface area contributed by atoms with Crippen LogP contribution in [0.4, 0.5) is 0 Å². The second kappa shape index (κ2) is 6.60. The standard InChI is InChI=1S/C13H15N3O4/c1-4-7-14-11(18)15(8-5-2)13(20)16(12(14)19)9-10(17)6-3/h1-2,10,17H,6-9H2,3H3. The topological polar surface area (TPSA) is 86.2 Å². The molecule has 1 unspecified atom stereocenters. The molecule has 1 atom stereocenters. The van der Waals surface area contributed by atoms with Crippen LogP contribution < -0.4 is 17.1 Å². The molecule has 0 aliphatic rings. The summed E-state index contributed by atoms with van der Waals surface area (Å²) in [7, 11) is 0. The number of aliphatic hydroxyl groups excluding tert-OH is 1. The zero-order valence-electron chi connectivity index (χ0n) is 11.1. The predicted molar refractivity (Wildman–Crippen MR) is 73.2 cm³/mol. The first-order chi connectivity index (χ1) is 9.47. The minimum atomic E-state index is -0.878. The fourth-order valence-electron chi connectivity index (χ4n) is 1.63. The lowest BCUT2D eigenvalue weighted by molar-refractivity contribution is 0.144. The molecule has 0 radical (unpaired) electrons. The van der Waals surface area contributed by atoms with Gasteiger partial charge in [0.1, 0.15) is 0 Å². The van der Waals surface area contributed by atoms with Gasteiger partial charge in [-0.05, 0) is 6.42 Å². The average molecular weight is 277 g/mol. The van der Waals surface area contributed by atoms with Crippen LogP contribution in [0.5, 0.6) is 0 Å². The molecule has 1 N–H and O–H groups in total. The number of terminal acetylenes is 2. The highest BCUT2D eigenvalue weighted by atomic mass is 16.3. The molecule has 0 spiro atoms. The minimum Gasteiger partial charge on any atom is -0.391 e. The molecular weight excluding hydrogens is 262 g/mol. The van der Waals surface area contributed by atoms with E-state index in [2.05, 4.69) is 11.8 Å². The van der Waals surface area contributed by atoms with E-state index in [0.29, 0.717) is 6.42 Å². The third-order valence-corrected chi connectivity index (χ3v) is 2.75. The van der Waals surface area contributed by atoms with Crippen molar-refractivity contribution in [1.82, 2.24) is 13.7 Å². The summed E-state index contributed by atoms with van der Waals surface area (Å²) < 4.78 is 2.24.